The summed E-state index contributed by atoms with van der Waals surface area (Å²) in [7, 11) is 5.27. The van der Waals surface area contributed by atoms with Gasteiger partial charge in [-0.25, -0.2) is 9.97 Å². The van der Waals surface area contributed by atoms with Gasteiger partial charge >= 0.3 is 0 Å². The van der Waals surface area contributed by atoms with E-state index in [-0.39, 0.29) is 5.91 Å². The van der Waals surface area contributed by atoms with Crippen LogP contribution in [0.15, 0.2) is 24.5 Å². The molecule has 1 amide bonds. The van der Waals surface area contributed by atoms with Gasteiger partial charge in [0.05, 0.1) is 30.2 Å². The lowest BCUT2D eigenvalue weighted by molar-refractivity contribution is 0.102. The van der Waals surface area contributed by atoms with Crippen LogP contribution in [-0.2, 0) is 0 Å². The summed E-state index contributed by atoms with van der Waals surface area (Å²) in [6, 6.07) is 5.79. The van der Waals surface area contributed by atoms with E-state index in [1.165, 1.54) is 43.4 Å². The third kappa shape index (κ3) is 4.17. The maximum absolute atomic E-state index is 13.2. The zero-order valence-electron chi connectivity index (χ0n) is 18.4. The number of thiophene rings is 1. The van der Waals surface area contributed by atoms with E-state index in [1.54, 1.807) is 38.7 Å². The van der Waals surface area contributed by atoms with Crippen molar-refractivity contribution in [1.82, 2.24) is 9.97 Å². The molecule has 0 bridgehead atoms. The standard InChI is InChI=1S/C23H28N4O3S/c1-14-19-21(27(2)15-8-6-5-7-9-15)24-13-25-23(19)31-20(14)22(28)26-17-12-16(29-3)10-11-18(17)30-4/h10-13,15H,5-9H2,1-4H3,(H,26,28). The fourth-order valence-electron chi connectivity index (χ4n) is 4.27. The molecule has 3 aromatic rings. The van der Waals surface area contributed by atoms with Crippen molar-refractivity contribution in [2.75, 3.05) is 31.5 Å². The fraction of sp³-hybridized carbons (Fsp3) is 0.435. The van der Waals surface area contributed by atoms with Crippen LogP contribution in [0.2, 0.25) is 0 Å². The second-order valence-electron chi connectivity index (χ2n) is 7.86. The van der Waals surface area contributed by atoms with E-state index in [9.17, 15) is 4.79 Å². The van der Waals surface area contributed by atoms with Crippen LogP contribution in [0, 0.1) is 6.92 Å². The summed E-state index contributed by atoms with van der Waals surface area (Å²) < 4.78 is 10.7. The lowest BCUT2D eigenvalue weighted by Gasteiger charge is -2.32. The summed E-state index contributed by atoms with van der Waals surface area (Å²) >= 11 is 1.39. The molecule has 0 spiro atoms. The first-order valence-corrected chi connectivity index (χ1v) is 11.4. The molecule has 1 aliphatic rings. The van der Waals surface area contributed by atoms with E-state index < -0.39 is 0 Å². The first kappa shape index (κ1) is 21.4. The molecule has 0 saturated heterocycles. The number of nitrogens with one attached hydrogen (secondary N) is 1. The number of amides is 1. The fourth-order valence-corrected chi connectivity index (χ4v) is 5.31. The third-order valence-electron chi connectivity index (χ3n) is 6.02. The molecule has 0 atom stereocenters. The molecule has 8 heteroatoms. The van der Waals surface area contributed by atoms with Crippen LogP contribution in [0.1, 0.15) is 47.3 Å². The smallest absolute Gasteiger partial charge is 0.266 e. The molecule has 31 heavy (non-hydrogen) atoms. The number of rotatable bonds is 6. The molecule has 1 N–H and O–H groups in total. The Morgan fingerprint density at radius 3 is 2.65 bits per heavy atom. The second-order valence-corrected chi connectivity index (χ2v) is 8.86. The molecule has 0 aliphatic heterocycles. The molecule has 0 radical (unpaired) electrons. The number of fused-ring (bicyclic) bond motifs is 1. The summed E-state index contributed by atoms with van der Waals surface area (Å²) in [6.45, 7) is 1.97. The van der Waals surface area contributed by atoms with E-state index in [0.717, 1.165) is 21.6 Å². The summed E-state index contributed by atoms with van der Waals surface area (Å²) in [6.07, 6.45) is 7.75. The number of carbonyl (C=O) groups excluding carboxylic acids is 1. The number of hydrogen-bond acceptors (Lipinski definition) is 7. The Morgan fingerprint density at radius 1 is 1.16 bits per heavy atom. The first-order chi connectivity index (χ1) is 15.0. The summed E-state index contributed by atoms with van der Waals surface area (Å²) in [5, 5.41) is 3.93. The van der Waals surface area contributed by atoms with E-state index in [1.807, 2.05) is 6.92 Å². The number of aryl methyl sites for hydroxylation is 1. The van der Waals surface area contributed by atoms with Gasteiger partial charge in [0.25, 0.3) is 5.91 Å². The monoisotopic (exact) mass is 440 g/mol. The van der Waals surface area contributed by atoms with Crippen molar-refractivity contribution in [3.8, 4) is 11.5 Å². The Hall–Kier alpha value is -2.87. The molecular formula is C23H28N4O3S. The normalized spacial score (nSPS) is 14.5. The molecule has 0 unspecified atom stereocenters. The topological polar surface area (TPSA) is 76.6 Å². The number of aromatic nitrogens is 2. The van der Waals surface area contributed by atoms with Gasteiger partial charge in [0.15, 0.2) is 0 Å². The molecule has 1 aliphatic carbocycles. The first-order valence-electron chi connectivity index (χ1n) is 10.5. The lowest BCUT2D eigenvalue weighted by Crippen LogP contribution is -2.34. The SMILES string of the molecule is COc1ccc(OC)c(NC(=O)c2sc3ncnc(N(C)C4CCCCC4)c3c2C)c1. The van der Waals surface area contributed by atoms with Crippen LogP contribution in [0.25, 0.3) is 10.2 Å². The molecule has 164 valence electrons. The maximum Gasteiger partial charge on any atom is 0.266 e. The van der Waals surface area contributed by atoms with Crippen molar-refractivity contribution in [1.29, 1.82) is 0 Å². The highest BCUT2D eigenvalue weighted by Gasteiger charge is 2.25. The molecule has 1 aromatic carbocycles. The molecule has 2 heterocycles. The van der Waals surface area contributed by atoms with E-state index >= 15 is 0 Å². The second kappa shape index (κ2) is 9.09. The lowest BCUT2D eigenvalue weighted by atomic mass is 9.94. The number of ether oxygens (including phenoxy) is 2. The minimum Gasteiger partial charge on any atom is -0.497 e. The number of hydrogen-bond donors (Lipinski definition) is 1. The highest BCUT2D eigenvalue weighted by Crippen LogP contribution is 2.37. The summed E-state index contributed by atoms with van der Waals surface area (Å²) in [4.78, 5) is 26.0. The predicted octanol–water partition coefficient (Wildman–Crippen LogP) is 5.04. The van der Waals surface area contributed by atoms with Crippen LogP contribution in [0.5, 0.6) is 11.5 Å². The summed E-state index contributed by atoms with van der Waals surface area (Å²) in [5.74, 6) is 1.93. The van der Waals surface area contributed by atoms with Crippen molar-refractivity contribution >= 4 is 39.0 Å². The Kier molecular flexibility index (Phi) is 6.27. The van der Waals surface area contributed by atoms with Gasteiger partial charge in [0.2, 0.25) is 0 Å². The average molecular weight is 441 g/mol. The van der Waals surface area contributed by atoms with Crippen molar-refractivity contribution in [2.24, 2.45) is 0 Å². The molecule has 1 fully saturated rings. The largest absolute Gasteiger partial charge is 0.497 e. The van der Waals surface area contributed by atoms with Gasteiger partial charge < -0.3 is 19.7 Å². The molecule has 1 saturated carbocycles. The highest BCUT2D eigenvalue weighted by atomic mass is 32.1. The van der Waals surface area contributed by atoms with Crippen molar-refractivity contribution in [2.45, 2.75) is 45.1 Å². The predicted molar refractivity (Wildman–Crippen MR) is 125 cm³/mol. The van der Waals surface area contributed by atoms with Crippen LogP contribution >= 0.6 is 11.3 Å². The average Bonchev–Trinajstić information content (AvgIpc) is 3.16. The zero-order chi connectivity index (χ0) is 22.0. The van der Waals surface area contributed by atoms with E-state index in [2.05, 4.69) is 27.2 Å². The molecule has 4 rings (SSSR count). The van der Waals surface area contributed by atoms with Gasteiger partial charge in [0, 0.05) is 19.2 Å². The minimum atomic E-state index is -0.196. The van der Waals surface area contributed by atoms with Crippen LogP contribution in [0.3, 0.4) is 0 Å². The molecule has 7 nitrogen and oxygen atoms in total. The zero-order valence-corrected chi connectivity index (χ0v) is 19.2. The Morgan fingerprint density at radius 2 is 1.94 bits per heavy atom. The third-order valence-corrected chi connectivity index (χ3v) is 7.22. The van der Waals surface area contributed by atoms with Crippen molar-refractivity contribution in [3.05, 3.63) is 35.0 Å². The van der Waals surface area contributed by atoms with Gasteiger partial charge in [0.1, 0.15) is 28.5 Å². The Bertz CT molecular complexity index is 1090. The van der Waals surface area contributed by atoms with Crippen LogP contribution < -0.4 is 19.7 Å². The summed E-state index contributed by atoms with van der Waals surface area (Å²) in [5.41, 5.74) is 1.46. The highest BCUT2D eigenvalue weighted by molar-refractivity contribution is 7.20. The Labute approximate surface area is 186 Å². The Balaban J connectivity index is 1.68. The quantitative estimate of drug-likeness (QED) is 0.579. The van der Waals surface area contributed by atoms with Gasteiger partial charge in [-0.2, -0.15) is 0 Å². The number of carbonyl (C=O) groups is 1. The van der Waals surface area contributed by atoms with Crippen molar-refractivity contribution in [3.63, 3.8) is 0 Å². The number of nitrogens with zero attached hydrogens (tertiary/aromatic N) is 3. The van der Waals surface area contributed by atoms with E-state index in [0.29, 0.717) is 28.1 Å². The van der Waals surface area contributed by atoms with Gasteiger partial charge in [-0.05, 0) is 37.5 Å². The van der Waals surface area contributed by atoms with Crippen LogP contribution in [0.4, 0.5) is 11.5 Å². The van der Waals surface area contributed by atoms with Crippen LogP contribution in [-0.4, -0.2) is 43.2 Å². The van der Waals surface area contributed by atoms with Gasteiger partial charge in [-0.15, -0.1) is 11.3 Å². The number of anilines is 2. The van der Waals surface area contributed by atoms with E-state index in [4.69, 9.17) is 9.47 Å². The van der Waals surface area contributed by atoms with Gasteiger partial charge in [-0.3, -0.25) is 4.79 Å². The molecular weight excluding hydrogens is 412 g/mol. The molecule has 2 aromatic heterocycles. The minimum absolute atomic E-state index is 0.196. The maximum atomic E-state index is 13.2. The van der Waals surface area contributed by atoms with Crippen molar-refractivity contribution < 1.29 is 14.3 Å². The number of methoxy groups -OCH3 is 2. The number of benzene rings is 1. The van der Waals surface area contributed by atoms with Gasteiger partial charge in [-0.1, -0.05) is 19.3 Å².